The number of thiocarbonyl (C=S) groups is 1. The van der Waals surface area contributed by atoms with Crippen LogP contribution in [-0.4, -0.2) is 22.9 Å². The van der Waals surface area contributed by atoms with Crippen molar-refractivity contribution in [3.05, 3.63) is 42.0 Å². The zero-order valence-electron chi connectivity index (χ0n) is 14.0. The van der Waals surface area contributed by atoms with Crippen LogP contribution in [0.4, 0.5) is 0 Å². The highest BCUT2D eigenvalue weighted by molar-refractivity contribution is 7.80. The van der Waals surface area contributed by atoms with E-state index in [1.54, 1.807) is 19.9 Å². The van der Waals surface area contributed by atoms with Crippen molar-refractivity contribution in [3.8, 4) is 11.8 Å². The van der Waals surface area contributed by atoms with Crippen LogP contribution in [0.3, 0.4) is 0 Å². The van der Waals surface area contributed by atoms with Gasteiger partial charge in [-0.2, -0.15) is 5.26 Å². The van der Waals surface area contributed by atoms with Gasteiger partial charge in [-0.3, -0.25) is 4.79 Å². The molecule has 0 aliphatic rings. The number of hydrogen-bond acceptors (Lipinski definition) is 4. The van der Waals surface area contributed by atoms with E-state index in [2.05, 4.69) is 11.4 Å². The molecule has 2 aromatic carbocycles. The van der Waals surface area contributed by atoms with Crippen LogP contribution in [0.5, 0.6) is 5.75 Å². The van der Waals surface area contributed by atoms with Crippen LogP contribution < -0.4 is 10.1 Å². The van der Waals surface area contributed by atoms with Gasteiger partial charge >= 0.3 is 0 Å². The van der Waals surface area contributed by atoms with E-state index >= 15 is 0 Å². The zero-order chi connectivity index (χ0) is 17.7. The standard InChI is InChI=1S/C19H20N2O2S/c1-4-17(18(24)21-19(2,3)12-20)23-16-8-7-14-6-5-13(11-22)9-15(14)10-16/h5-11,17H,4H2,1-3H3,(H,21,24). The molecule has 4 nitrogen and oxygen atoms in total. The SMILES string of the molecule is CCC(Oc1ccc2ccc(C=O)cc2c1)C(=S)NC(C)(C)C#N. The van der Waals surface area contributed by atoms with Gasteiger partial charge in [0.2, 0.25) is 0 Å². The van der Waals surface area contributed by atoms with Gasteiger partial charge in [-0.05, 0) is 49.2 Å². The van der Waals surface area contributed by atoms with Gasteiger partial charge in [0.25, 0.3) is 0 Å². The molecule has 1 N–H and O–H groups in total. The summed E-state index contributed by atoms with van der Waals surface area (Å²) < 4.78 is 6.00. The number of carbonyl (C=O) groups is 1. The fourth-order valence-corrected chi connectivity index (χ4v) is 2.76. The second-order valence-corrected chi connectivity index (χ2v) is 6.57. The third kappa shape index (κ3) is 4.30. The number of benzene rings is 2. The summed E-state index contributed by atoms with van der Waals surface area (Å²) in [5.41, 5.74) is -0.115. The summed E-state index contributed by atoms with van der Waals surface area (Å²) in [6.45, 7) is 5.51. The van der Waals surface area contributed by atoms with Gasteiger partial charge in [-0.15, -0.1) is 0 Å². The van der Waals surface area contributed by atoms with Crippen LogP contribution in [0.15, 0.2) is 36.4 Å². The summed E-state index contributed by atoms with van der Waals surface area (Å²) in [5, 5.41) is 14.1. The molecule has 24 heavy (non-hydrogen) atoms. The van der Waals surface area contributed by atoms with Gasteiger partial charge in [0, 0.05) is 5.56 Å². The minimum absolute atomic E-state index is 0.320. The molecule has 0 saturated heterocycles. The summed E-state index contributed by atoms with van der Waals surface area (Å²) in [4.78, 5) is 11.4. The molecule has 0 aromatic heterocycles. The van der Waals surface area contributed by atoms with Crippen LogP contribution in [0.1, 0.15) is 37.6 Å². The molecule has 2 aromatic rings. The maximum atomic E-state index is 10.9. The number of nitrogens with one attached hydrogen (secondary N) is 1. The van der Waals surface area contributed by atoms with Crippen LogP contribution in [-0.2, 0) is 0 Å². The van der Waals surface area contributed by atoms with E-state index in [4.69, 9.17) is 22.2 Å². The fraction of sp³-hybridized carbons (Fsp3) is 0.316. The van der Waals surface area contributed by atoms with Crippen molar-refractivity contribution in [2.45, 2.75) is 38.8 Å². The molecule has 124 valence electrons. The summed E-state index contributed by atoms with van der Waals surface area (Å²) in [6.07, 6.45) is 1.18. The van der Waals surface area contributed by atoms with Gasteiger partial charge in [0.15, 0.2) is 0 Å². The predicted molar refractivity (Wildman–Crippen MR) is 99.5 cm³/mol. The summed E-state index contributed by atoms with van der Waals surface area (Å²) in [6, 6.07) is 13.4. The van der Waals surface area contributed by atoms with Crippen molar-refractivity contribution in [3.63, 3.8) is 0 Å². The average Bonchev–Trinajstić information content (AvgIpc) is 2.58. The van der Waals surface area contributed by atoms with Crippen molar-refractivity contribution in [2.75, 3.05) is 0 Å². The monoisotopic (exact) mass is 340 g/mol. The first-order valence-corrected chi connectivity index (χ1v) is 8.18. The number of nitrogens with zero attached hydrogens (tertiary/aromatic N) is 1. The van der Waals surface area contributed by atoms with E-state index in [1.807, 2.05) is 37.3 Å². The summed E-state index contributed by atoms with van der Waals surface area (Å²) in [5.74, 6) is 0.677. The maximum absolute atomic E-state index is 10.9. The van der Waals surface area contributed by atoms with Gasteiger partial charge in [0.05, 0.1) is 6.07 Å². The number of rotatable bonds is 6. The molecule has 0 radical (unpaired) electrons. The Hall–Kier alpha value is -2.45. The molecule has 1 unspecified atom stereocenters. The Bertz CT molecular complexity index is 809. The van der Waals surface area contributed by atoms with Crippen LogP contribution in [0.2, 0.25) is 0 Å². The Morgan fingerprint density at radius 3 is 2.67 bits per heavy atom. The molecule has 2 rings (SSSR count). The lowest BCUT2D eigenvalue weighted by atomic mass is 10.1. The highest BCUT2D eigenvalue weighted by atomic mass is 32.1. The second-order valence-electron chi connectivity index (χ2n) is 6.13. The third-order valence-electron chi connectivity index (χ3n) is 3.63. The molecule has 0 aliphatic heterocycles. The van der Waals surface area contributed by atoms with Crippen molar-refractivity contribution >= 4 is 34.3 Å². The van der Waals surface area contributed by atoms with Crippen LogP contribution in [0, 0.1) is 11.3 Å². The predicted octanol–water partition coefficient (Wildman–Crippen LogP) is 4.03. The van der Waals surface area contributed by atoms with E-state index in [9.17, 15) is 4.79 Å². The molecule has 0 amide bonds. The highest BCUT2D eigenvalue weighted by Gasteiger charge is 2.23. The molecular weight excluding hydrogens is 320 g/mol. The smallest absolute Gasteiger partial charge is 0.150 e. The molecular formula is C19H20N2O2S. The normalized spacial score (nSPS) is 12.2. The van der Waals surface area contributed by atoms with Gasteiger partial charge in [-0.25, -0.2) is 0 Å². The fourth-order valence-electron chi connectivity index (χ4n) is 2.29. The van der Waals surface area contributed by atoms with Gasteiger partial charge in [0.1, 0.15) is 28.7 Å². The largest absolute Gasteiger partial charge is 0.483 e. The van der Waals surface area contributed by atoms with E-state index in [0.717, 1.165) is 17.1 Å². The lowest BCUT2D eigenvalue weighted by Crippen LogP contribution is -2.47. The topological polar surface area (TPSA) is 62.1 Å². The summed E-state index contributed by atoms with van der Waals surface area (Å²) >= 11 is 5.39. The molecule has 0 aliphatic carbocycles. The Morgan fingerprint density at radius 2 is 2.04 bits per heavy atom. The van der Waals surface area contributed by atoms with E-state index in [1.165, 1.54) is 0 Å². The second kappa shape index (κ2) is 7.41. The Balaban J connectivity index is 2.21. The van der Waals surface area contributed by atoms with E-state index in [-0.39, 0.29) is 6.10 Å². The summed E-state index contributed by atoms with van der Waals surface area (Å²) in [7, 11) is 0. The van der Waals surface area contributed by atoms with Crippen LogP contribution in [0.25, 0.3) is 10.8 Å². The molecule has 0 saturated carbocycles. The Morgan fingerprint density at radius 1 is 1.33 bits per heavy atom. The quantitative estimate of drug-likeness (QED) is 0.635. The Labute approximate surface area is 147 Å². The number of fused-ring (bicyclic) bond motifs is 1. The number of hydrogen-bond donors (Lipinski definition) is 1. The number of nitriles is 1. The lowest BCUT2D eigenvalue weighted by molar-refractivity contribution is 0.112. The molecule has 5 heteroatoms. The molecule has 0 fully saturated rings. The minimum atomic E-state index is -0.740. The zero-order valence-corrected chi connectivity index (χ0v) is 14.8. The van der Waals surface area contributed by atoms with Gasteiger partial charge < -0.3 is 10.1 Å². The first kappa shape index (κ1) is 17.9. The number of ether oxygens (including phenoxy) is 1. The van der Waals surface area contributed by atoms with Gasteiger partial charge in [-0.1, -0.05) is 37.3 Å². The first-order chi connectivity index (χ1) is 11.4. The molecule has 0 heterocycles. The highest BCUT2D eigenvalue weighted by Crippen LogP contribution is 2.23. The molecule has 0 spiro atoms. The van der Waals surface area contributed by atoms with Crippen molar-refractivity contribution in [1.29, 1.82) is 5.26 Å². The lowest BCUT2D eigenvalue weighted by Gasteiger charge is -2.25. The van der Waals surface area contributed by atoms with Crippen molar-refractivity contribution < 1.29 is 9.53 Å². The molecule has 0 bridgehead atoms. The number of carbonyl (C=O) groups excluding carboxylic acids is 1. The number of aldehydes is 1. The van der Waals surface area contributed by atoms with E-state index < -0.39 is 5.54 Å². The van der Waals surface area contributed by atoms with Crippen molar-refractivity contribution in [1.82, 2.24) is 5.32 Å². The average molecular weight is 340 g/mol. The van der Waals surface area contributed by atoms with Crippen LogP contribution >= 0.6 is 12.2 Å². The minimum Gasteiger partial charge on any atom is -0.483 e. The van der Waals surface area contributed by atoms with E-state index in [0.29, 0.717) is 22.7 Å². The third-order valence-corrected chi connectivity index (χ3v) is 3.99. The van der Waals surface area contributed by atoms with Crippen molar-refractivity contribution in [2.24, 2.45) is 0 Å². The Kier molecular flexibility index (Phi) is 5.53. The molecule has 1 atom stereocenters. The first-order valence-electron chi connectivity index (χ1n) is 7.77. The maximum Gasteiger partial charge on any atom is 0.150 e.